The lowest BCUT2D eigenvalue weighted by Gasteiger charge is -2.18. The van der Waals surface area contributed by atoms with E-state index >= 15 is 0 Å². The largest absolute Gasteiger partial charge is 0.486 e. The summed E-state index contributed by atoms with van der Waals surface area (Å²) in [7, 11) is 0. The Labute approximate surface area is 132 Å². The van der Waals surface area contributed by atoms with E-state index in [1.54, 1.807) is 12.1 Å². The molecule has 0 aliphatic carbocycles. The number of non-ortho nitro benzene ring substituents is 1. The zero-order valence-corrected chi connectivity index (χ0v) is 12.5. The molecule has 0 bridgehead atoms. The molecule has 0 amide bonds. The molecule has 1 aliphatic rings. The number of rotatable bonds is 4. The summed E-state index contributed by atoms with van der Waals surface area (Å²) in [6, 6.07) is 11.8. The second kappa shape index (κ2) is 6.35. The Hall–Kier alpha value is -3.09. The summed E-state index contributed by atoms with van der Waals surface area (Å²) in [6.45, 7) is 2.92. The van der Waals surface area contributed by atoms with E-state index in [0.29, 0.717) is 24.7 Å². The predicted molar refractivity (Wildman–Crippen MR) is 86.4 cm³/mol. The number of fused-ring (bicyclic) bond motifs is 1. The molecule has 0 aromatic heterocycles. The van der Waals surface area contributed by atoms with Crippen molar-refractivity contribution in [2.24, 2.45) is 5.10 Å². The normalized spacial score (nSPS) is 13.5. The number of nitro benzene ring substituents is 1. The molecule has 1 heterocycles. The van der Waals surface area contributed by atoms with Crippen LogP contribution in [0, 0.1) is 10.1 Å². The van der Waals surface area contributed by atoms with Crippen molar-refractivity contribution in [1.82, 2.24) is 0 Å². The molecule has 0 atom stereocenters. The van der Waals surface area contributed by atoms with E-state index < -0.39 is 4.92 Å². The lowest BCUT2D eigenvalue weighted by Crippen LogP contribution is -2.15. The Kier molecular flexibility index (Phi) is 4.09. The molecule has 0 unspecified atom stereocenters. The van der Waals surface area contributed by atoms with Gasteiger partial charge in [-0.2, -0.15) is 5.10 Å². The zero-order valence-electron chi connectivity index (χ0n) is 12.5. The molecule has 0 saturated carbocycles. The molecule has 1 aliphatic heterocycles. The SMILES string of the molecule is C/C(=N\Nc1cccc([N+](=O)[O-])c1)c1ccc2c(c1)OCCO2. The molecule has 7 heteroatoms. The van der Waals surface area contributed by atoms with Crippen molar-refractivity contribution in [3.8, 4) is 11.5 Å². The predicted octanol–water partition coefficient (Wildman–Crippen LogP) is 3.20. The Balaban J connectivity index is 1.77. The second-order valence-corrected chi connectivity index (χ2v) is 4.97. The van der Waals surface area contributed by atoms with Gasteiger partial charge in [0, 0.05) is 17.7 Å². The van der Waals surface area contributed by atoms with Crippen LogP contribution in [0.4, 0.5) is 11.4 Å². The highest BCUT2D eigenvalue weighted by atomic mass is 16.6. The standard InChI is InChI=1S/C16H15N3O4/c1-11(12-5-6-15-16(9-12)23-8-7-22-15)17-18-13-3-2-4-14(10-13)19(20)21/h2-6,9-10,18H,7-8H2,1H3/b17-11+. The van der Waals surface area contributed by atoms with Gasteiger partial charge >= 0.3 is 0 Å². The van der Waals surface area contributed by atoms with Crippen molar-refractivity contribution in [2.45, 2.75) is 6.92 Å². The summed E-state index contributed by atoms with van der Waals surface area (Å²) < 4.78 is 11.0. The van der Waals surface area contributed by atoms with Crippen molar-refractivity contribution < 1.29 is 14.4 Å². The number of hydrogen-bond acceptors (Lipinski definition) is 6. The highest BCUT2D eigenvalue weighted by Crippen LogP contribution is 2.31. The third-order valence-corrected chi connectivity index (χ3v) is 3.37. The van der Waals surface area contributed by atoms with Gasteiger partial charge in [-0.25, -0.2) is 0 Å². The summed E-state index contributed by atoms with van der Waals surface area (Å²) >= 11 is 0. The van der Waals surface area contributed by atoms with Crippen LogP contribution in [0.3, 0.4) is 0 Å². The maximum Gasteiger partial charge on any atom is 0.271 e. The van der Waals surface area contributed by atoms with E-state index in [4.69, 9.17) is 9.47 Å². The topological polar surface area (TPSA) is 86.0 Å². The maximum absolute atomic E-state index is 10.8. The Morgan fingerprint density at radius 1 is 1.17 bits per heavy atom. The molecule has 2 aromatic rings. The fourth-order valence-corrected chi connectivity index (χ4v) is 2.17. The lowest BCUT2D eigenvalue weighted by molar-refractivity contribution is -0.384. The average Bonchev–Trinajstić information content (AvgIpc) is 2.59. The molecule has 0 saturated heterocycles. The number of ether oxygens (including phenoxy) is 2. The van der Waals surface area contributed by atoms with Crippen LogP contribution in [-0.2, 0) is 0 Å². The minimum Gasteiger partial charge on any atom is -0.486 e. The number of benzene rings is 2. The fourth-order valence-electron chi connectivity index (χ4n) is 2.17. The van der Waals surface area contributed by atoms with Gasteiger partial charge in [0.25, 0.3) is 5.69 Å². The monoisotopic (exact) mass is 313 g/mol. The Bertz CT molecular complexity index is 774. The molecule has 2 aromatic carbocycles. The van der Waals surface area contributed by atoms with Gasteiger partial charge < -0.3 is 9.47 Å². The number of nitrogens with zero attached hydrogens (tertiary/aromatic N) is 2. The van der Waals surface area contributed by atoms with Crippen LogP contribution in [0.25, 0.3) is 0 Å². The van der Waals surface area contributed by atoms with Crippen LogP contribution in [0.1, 0.15) is 12.5 Å². The van der Waals surface area contributed by atoms with E-state index in [9.17, 15) is 10.1 Å². The van der Waals surface area contributed by atoms with Gasteiger partial charge in [-0.15, -0.1) is 0 Å². The number of nitro groups is 1. The summed E-state index contributed by atoms with van der Waals surface area (Å²) in [5.41, 5.74) is 5.01. The molecule has 7 nitrogen and oxygen atoms in total. The number of hydrogen-bond donors (Lipinski definition) is 1. The first-order valence-electron chi connectivity index (χ1n) is 7.08. The highest BCUT2D eigenvalue weighted by molar-refractivity contribution is 5.99. The van der Waals surface area contributed by atoms with Crippen molar-refractivity contribution in [3.63, 3.8) is 0 Å². The van der Waals surface area contributed by atoms with Crippen LogP contribution in [-0.4, -0.2) is 23.8 Å². The van der Waals surface area contributed by atoms with Crippen molar-refractivity contribution in [2.75, 3.05) is 18.6 Å². The lowest BCUT2D eigenvalue weighted by atomic mass is 10.1. The average molecular weight is 313 g/mol. The molecule has 1 N–H and O–H groups in total. The van der Waals surface area contributed by atoms with Crippen molar-refractivity contribution in [1.29, 1.82) is 0 Å². The first kappa shape index (κ1) is 14.8. The van der Waals surface area contributed by atoms with Gasteiger partial charge in [-0.3, -0.25) is 15.5 Å². The first-order chi connectivity index (χ1) is 11.1. The van der Waals surface area contributed by atoms with E-state index in [2.05, 4.69) is 10.5 Å². The minimum atomic E-state index is -0.442. The third kappa shape index (κ3) is 3.39. The zero-order chi connectivity index (χ0) is 16.2. The van der Waals surface area contributed by atoms with Crippen molar-refractivity contribution in [3.05, 3.63) is 58.1 Å². The summed E-state index contributed by atoms with van der Waals surface area (Å²) in [5.74, 6) is 1.41. The third-order valence-electron chi connectivity index (χ3n) is 3.37. The Morgan fingerprint density at radius 3 is 2.74 bits per heavy atom. The van der Waals surface area contributed by atoms with E-state index in [1.807, 2.05) is 25.1 Å². The molecule has 118 valence electrons. The van der Waals surface area contributed by atoms with Crippen LogP contribution in [0.5, 0.6) is 11.5 Å². The van der Waals surface area contributed by atoms with Crippen molar-refractivity contribution >= 4 is 17.1 Å². The molecule has 0 spiro atoms. The van der Waals surface area contributed by atoms with Crippen LogP contribution in [0.15, 0.2) is 47.6 Å². The smallest absolute Gasteiger partial charge is 0.271 e. The molecule has 0 radical (unpaired) electrons. The number of anilines is 1. The molecular weight excluding hydrogens is 298 g/mol. The van der Waals surface area contributed by atoms with Gasteiger partial charge in [0.15, 0.2) is 11.5 Å². The van der Waals surface area contributed by atoms with Gasteiger partial charge in [-0.1, -0.05) is 6.07 Å². The van der Waals surface area contributed by atoms with Gasteiger partial charge in [-0.05, 0) is 31.2 Å². The first-order valence-corrected chi connectivity index (χ1v) is 7.08. The summed E-state index contributed by atoms with van der Waals surface area (Å²) in [4.78, 5) is 10.3. The minimum absolute atomic E-state index is 0.0159. The van der Waals surface area contributed by atoms with E-state index in [0.717, 1.165) is 17.0 Å². The summed E-state index contributed by atoms with van der Waals surface area (Å²) in [5, 5.41) is 15.0. The van der Waals surface area contributed by atoms with Gasteiger partial charge in [0.1, 0.15) is 13.2 Å². The van der Waals surface area contributed by atoms with Crippen LogP contribution < -0.4 is 14.9 Å². The number of hydrazone groups is 1. The number of nitrogens with one attached hydrogen (secondary N) is 1. The van der Waals surface area contributed by atoms with Gasteiger partial charge in [0.2, 0.25) is 0 Å². The quantitative estimate of drug-likeness (QED) is 0.532. The second-order valence-electron chi connectivity index (χ2n) is 4.97. The van der Waals surface area contributed by atoms with Crippen LogP contribution in [0.2, 0.25) is 0 Å². The molecular formula is C16H15N3O4. The fraction of sp³-hybridized carbons (Fsp3) is 0.188. The molecule has 3 rings (SSSR count). The van der Waals surface area contributed by atoms with E-state index in [1.165, 1.54) is 12.1 Å². The van der Waals surface area contributed by atoms with Crippen LogP contribution >= 0.6 is 0 Å². The van der Waals surface area contributed by atoms with E-state index in [-0.39, 0.29) is 5.69 Å². The molecule has 23 heavy (non-hydrogen) atoms. The molecule has 0 fully saturated rings. The summed E-state index contributed by atoms with van der Waals surface area (Å²) in [6.07, 6.45) is 0. The highest BCUT2D eigenvalue weighted by Gasteiger charge is 2.12. The van der Waals surface area contributed by atoms with Gasteiger partial charge in [0.05, 0.1) is 16.3 Å². The maximum atomic E-state index is 10.8. The Morgan fingerprint density at radius 2 is 1.96 bits per heavy atom.